The highest BCUT2D eigenvalue weighted by Crippen LogP contribution is 2.12. The summed E-state index contributed by atoms with van der Waals surface area (Å²) in [6, 6.07) is 0. The van der Waals surface area contributed by atoms with Crippen LogP contribution in [0.2, 0.25) is 0 Å². The van der Waals surface area contributed by atoms with E-state index in [0.29, 0.717) is 17.4 Å². The lowest BCUT2D eigenvalue weighted by atomic mass is 10.1. The smallest absolute Gasteiger partial charge is 0.307 e. The fourth-order valence-electron chi connectivity index (χ4n) is 3.53. The molecule has 1 atom stereocenters. The van der Waals surface area contributed by atoms with E-state index in [2.05, 4.69) is 19.1 Å². The summed E-state index contributed by atoms with van der Waals surface area (Å²) in [5.74, 6) is -1.19. The number of carbonyl (C=O) groups is 2. The number of nitrogens with zero attached hydrogens (tertiary/aromatic N) is 1. The van der Waals surface area contributed by atoms with Gasteiger partial charge >= 0.3 is 11.9 Å². The monoisotopic (exact) mass is 426 g/mol. The molecule has 0 fully saturated rings. The van der Waals surface area contributed by atoms with Crippen molar-refractivity contribution in [2.45, 2.75) is 109 Å². The highest BCUT2D eigenvalue weighted by molar-refractivity contribution is 5.71. The molecule has 0 aromatic rings. The molecule has 0 saturated heterocycles. The fraction of sp³-hybridized carbons (Fsp3) is 0.840. The lowest BCUT2D eigenvalue weighted by Crippen LogP contribution is -2.43. The van der Waals surface area contributed by atoms with Gasteiger partial charge in [0.2, 0.25) is 0 Å². The molecule has 0 saturated carbocycles. The third kappa shape index (κ3) is 21.4. The first-order valence-electron chi connectivity index (χ1n) is 12.1. The second kappa shape index (κ2) is 18.4. The van der Waals surface area contributed by atoms with Crippen molar-refractivity contribution in [3.05, 3.63) is 12.2 Å². The van der Waals surface area contributed by atoms with Crippen LogP contribution in [-0.4, -0.2) is 55.3 Å². The van der Waals surface area contributed by atoms with Crippen molar-refractivity contribution < 1.29 is 23.9 Å². The van der Waals surface area contributed by atoms with Crippen molar-refractivity contribution >= 4 is 11.9 Å². The Balaban J connectivity index is 3.63. The summed E-state index contributed by atoms with van der Waals surface area (Å²) < 4.78 is 5.98. The molecule has 0 unspecified atom stereocenters. The van der Waals surface area contributed by atoms with Crippen molar-refractivity contribution in [2.24, 2.45) is 0 Å². The third-order valence-electron chi connectivity index (χ3n) is 5.09. The van der Waals surface area contributed by atoms with E-state index in [4.69, 9.17) is 9.84 Å². The van der Waals surface area contributed by atoms with Gasteiger partial charge in [-0.2, -0.15) is 0 Å². The minimum absolute atomic E-state index is 0.130. The molecule has 0 aliphatic rings. The van der Waals surface area contributed by atoms with Crippen LogP contribution in [0.4, 0.5) is 0 Å². The Labute approximate surface area is 185 Å². The van der Waals surface area contributed by atoms with Crippen LogP contribution < -0.4 is 0 Å². The lowest BCUT2D eigenvalue weighted by molar-refractivity contribution is -0.873. The molecular formula is C25H48NO4+. The zero-order valence-electron chi connectivity index (χ0n) is 20.2. The number of carboxylic acid groups (broad SMARTS) is 1. The molecule has 0 heterocycles. The zero-order chi connectivity index (χ0) is 22.7. The summed E-state index contributed by atoms with van der Waals surface area (Å²) >= 11 is 0. The molecule has 0 aliphatic heterocycles. The maximum atomic E-state index is 12.0. The van der Waals surface area contributed by atoms with Crippen LogP contribution in [0.3, 0.4) is 0 Å². The van der Waals surface area contributed by atoms with E-state index in [-0.39, 0.29) is 12.4 Å². The Bertz CT molecular complexity index is 468. The maximum absolute atomic E-state index is 12.0. The SMILES string of the molecule is CCCCCC/C=C/CCCCCCCCCC(=O)O[C@@H](CC(=O)O)C[N+](C)(C)C. The summed E-state index contributed by atoms with van der Waals surface area (Å²) in [7, 11) is 5.90. The van der Waals surface area contributed by atoms with Gasteiger partial charge in [0.05, 0.1) is 27.6 Å². The number of esters is 1. The summed E-state index contributed by atoms with van der Waals surface area (Å²) in [4.78, 5) is 23.0. The molecule has 0 spiro atoms. The van der Waals surface area contributed by atoms with Gasteiger partial charge in [-0.25, -0.2) is 0 Å². The number of quaternary nitrogens is 1. The Hall–Kier alpha value is -1.36. The van der Waals surface area contributed by atoms with E-state index < -0.39 is 12.1 Å². The molecule has 5 nitrogen and oxygen atoms in total. The zero-order valence-corrected chi connectivity index (χ0v) is 20.2. The third-order valence-corrected chi connectivity index (χ3v) is 5.09. The number of likely N-dealkylation sites (N-methyl/N-ethyl adjacent to an activating group) is 1. The summed E-state index contributed by atoms with van der Waals surface area (Å²) in [5.41, 5.74) is 0. The summed E-state index contributed by atoms with van der Waals surface area (Å²) in [6.07, 6.45) is 20.2. The van der Waals surface area contributed by atoms with Gasteiger partial charge in [0.1, 0.15) is 6.54 Å². The van der Waals surface area contributed by atoms with Crippen molar-refractivity contribution in [1.82, 2.24) is 0 Å². The Morgan fingerprint density at radius 3 is 1.83 bits per heavy atom. The Kier molecular flexibility index (Phi) is 17.6. The number of aliphatic carboxylic acids is 1. The van der Waals surface area contributed by atoms with Crippen LogP contribution in [0.1, 0.15) is 103 Å². The molecule has 0 radical (unpaired) electrons. The minimum Gasteiger partial charge on any atom is -0.481 e. The molecule has 0 rings (SSSR count). The number of allylic oxidation sites excluding steroid dienone is 2. The predicted molar refractivity (Wildman–Crippen MR) is 124 cm³/mol. The molecule has 0 bridgehead atoms. The highest BCUT2D eigenvalue weighted by Gasteiger charge is 2.24. The molecule has 5 heteroatoms. The number of rotatable bonds is 20. The number of hydrogen-bond acceptors (Lipinski definition) is 3. The average Bonchev–Trinajstić information content (AvgIpc) is 2.63. The fourth-order valence-corrected chi connectivity index (χ4v) is 3.53. The van der Waals surface area contributed by atoms with Gasteiger partial charge in [-0.1, -0.05) is 70.4 Å². The number of carboxylic acids is 1. The van der Waals surface area contributed by atoms with Crippen LogP contribution in [0.5, 0.6) is 0 Å². The molecular weight excluding hydrogens is 378 g/mol. The molecule has 1 N–H and O–H groups in total. The van der Waals surface area contributed by atoms with Crippen LogP contribution in [-0.2, 0) is 14.3 Å². The second-order valence-corrected chi connectivity index (χ2v) is 9.52. The maximum Gasteiger partial charge on any atom is 0.307 e. The Morgan fingerprint density at radius 2 is 1.33 bits per heavy atom. The van der Waals surface area contributed by atoms with Crippen molar-refractivity contribution in [2.75, 3.05) is 27.7 Å². The second-order valence-electron chi connectivity index (χ2n) is 9.52. The molecule has 0 aliphatic carbocycles. The number of carbonyl (C=O) groups excluding carboxylic acids is 1. The lowest BCUT2D eigenvalue weighted by Gasteiger charge is -2.28. The van der Waals surface area contributed by atoms with Gasteiger partial charge in [0.15, 0.2) is 6.10 Å². The summed E-state index contributed by atoms with van der Waals surface area (Å²) in [5, 5.41) is 9.01. The van der Waals surface area contributed by atoms with Crippen LogP contribution >= 0.6 is 0 Å². The van der Waals surface area contributed by atoms with E-state index in [1.165, 1.54) is 64.2 Å². The first kappa shape index (κ1) is 28.6. The van der Waals surface area contributed by atoms with Gasteiger partial charge in [0, 0.05) is 6.42 Å². The topological polar surface area (TPSA) is 63.6 Å². The van der Waals surface area contributed by atoms with Gasteiger partial charge in [-0.3, -0.25) is 9.59 Å². The van der Waals surface area contributed by atoms with Crippen LogP contribution in [0.15, 0.2) is 12.2 Å². The molecule has 176 valence electrons. The van der Waals surface area contributed by atoms with E-state index >= 15 is 0 Å². The van der Waals surface area contributed by atoms with E-state index in [1.54, 1.807) is 0 Å². The van der Waals surface area contributed by atoms with Gasteiger partial charge in [-0.05, 0) is 32.1 Å². The van der Waals surface area contributed by atoms with Gasteiger partial charge in [0.25, 0.3) is 0 Å². The molecule has 0 amide bonds. The quantitative estimate of drug-likeness (QED) is 0.110. The first-order chi connectivity index (χ1) is 14.2. The average molecular weight is 427 g/mol. The standard InChI is InChI=1S/C25H47NO4/c1-5-6-7-8-9-10-11-12-13-14-15-16-17-18-19-20-25(29)30-23(21-24(27)28)22-26(2,3)4/h10-11,23H,5-9,12-22H2,1-4H3/p+1/b11-10+/t23-/m0/s1. The van der Waals surface area contributed by atoms with E-state index in [0.717, 1.165) is 19.3 Å². The van der Waals surface area contributed by atoms with Crippen LogP contribution in [0, 0.1) is 0 Å². The number of hydrogen-bond donors (Lipinski definition) is 1. The molecule has 0 aromatic carbocycles. The van der Waals surface area contributed by atoms with E-state index in [1.807, 2.05) is 21.1 Å². The first-order valence-corrected chi connectivity index (χ1v) is 12.1. The van der Waals surface area contributed by atoms with Crippen molar-refractivity contribution in [3.63, 3.8) is 0 Å². The molecule has 30 heavy (non-hydrogen) atoms. The molecule has 0 aromatic heterocycles. The largest absolute Gasteiger partial charge is 0.481 e. The van der Waals surface area contributed by atoms with Gasteiger partial charge < -0.3 is 14.3 Å². The summed E-state index contributed by atoms with van der Waals surface area (Å²) in [6.45, 7) is 2.75. The van der Waals surface area contributed by atoms with Crippen LogP contribution in [0.25, 0.3) is 0 Å². The van der Waals surface area contributed by atoms with E-state index in [9.17, 15) is 9.59 Å². The highest BCUT2D eigenvalue weighted by atomic mass is 16.5. The van der Waals surface area contributed by atoms with Gasteiger partial charge in [-0.15, -0.1) is 0 Å². The number of ether oxygens (including phenoxy) is 1. The van der Waals surface area contributed by atoms with Crippen molar-refractivity contribution in [3.8, 4) is 0 Å². The Morgan fingerprint density at radius 1 is 0.833 bits per heavy atom. The minimum atomic E-state index is -0.927. The number of unbranched alkanes of at least 4 members (excludes halogenated alkanes) is 11. The predicted octanol–water partition coefficient (Wildman–Crippen LogP) is 6.12. The normalized spacial score (nSPS) is 12.9. The van der Waals surface area contributed by atoms with Crippen molar-refractivity contribution in [1.29, 1.82) is 0 Å².